The first-order valence-electron chi connectivity index (χ1n) is 8.27. The Kier molecular flexibility index (Phi) is 5.58. The van der Waals surface area contributed by atoms with Gasteiger partial charge in [0.15, 0.2) is 0 Å². The third-order valence-corrected chi connectivity index (χ3v) is 4.38. The van der Waals surface area contributed by atoms with E-state index in [9.17, 15) is 9.59 Å². The largest absolute Gasteiger partial charge is 0.490 e. The molecule has 1 saturated heterocycles. The molecule has 5 nitrogen and oxygen atoms in total. The van der Waals surface area contributed by atoms with E-state index in [4.69, 9.17) is 16.3 Å². The van der Waals surface area contributed by atoms with Crippen molar-refractivity contribution in [3.8, 4) is 5.75 Å². The summed E-state index contributed by atoms with van der Waals surface area (Å²) >= 11 is 5.88. The van der Waals surface area contributed by atoms with Crippen LogP contribution in [0, 0.1) is 5.92 Å². The van der Waals surface area contributed by atoms with Crippen molar-refractivity contribution >= 4 is 34.8 Å². The van der Waals surface area contributed by atoms with Crippen LogP contribution in [0.4, 0.5) is 11.4 Å². The SMILES string of the molecule is C=CCOc1ccc(NC(=O)C2CC(=O)N(c3ccc(Cl)cc3)C2)cc1. The number of carbonyl (C=O) groups is 2. The fraction of sp³-hybridized carbons (Fsp3) is 0.200. The molecular weight excluding hydrogens is 352 g/mol. The van der Waals surface area contributed by atoms with Crippen LogP contribution in [0.25, 0.3) is 0 Å². The number of nitrogens with one attached hydrogen (secondary N) is 1. The molecule has 1 unspecified atom stereocenters. The number of benzene rings is 2. The number of rotatable bonds is 6. The Hall–Kier alpha value is -2.79. The first-order chi connectivity index (χ1) is 12.6. The van der Waals surface area contributed by atoms with E-state index in [0.717, 1.165) is 5.69 Å². The summed E-state index contributed by atoms with van der Waals surface area (Å²) in [6, 6.07) is 14.1. The summed E-state index contributed by atoms with van der Waals surface area (Å²) in [7, 11) is 0. The zero-order valence-electron chi connectivity index (χ0n) is 14.2. The van der Waals surface area contributed by atoms with E-state index in [1.54, 1.807) is 59.5 Å². The second-order valence-corrected chi connectivity index (χ2v) is 6.43. The molecule has 1 atom stereocenters. The van der Waals surface area contributed by atoms with Crippen LogP contribution < -0.4 is 15.0 Å². The van der Waals surface area contributed by atoms with Gasteiger partial charge in [-0.2, -0.15) is 0 Å². The molecule has 0 aromatic heterocycles. The maximum Gasteiger partial charge on any atom is 0.229 e. The molecule has 1 aliphatic rings. The Balaban J connectivity index is 1.61. The summed E-state index contributed by atoms with van der Waals surface area (Å²) in [6.45, 7) is 4.38. The van der Waals surface area contributed by atoms with Crippen LogP contribution >= 0.6 is 11.6 Å². The predicted molar refractivity (Wildman–Crippen MR) is 103 cm³/mol. The molecule has 26 heavy (non-hydrogen) atoms. The van der Waals surface area contributed by atoms with Gasteiger partial charge >= 0.3 is 0 Å². The summed E-state index contributed by atoms with van der Waals surface area (Å²) < 4.78 is 5.41. The molecule has 6 heteroatoms. The first-order valence-corrected chi connectivity index (χ1v) is 8.65. The highest BCUT2D eigenvalue weighted by molar-refractivity contribution is 6.30. The molecule has 0 saturated carbocycles. The van der Waals surface area contributed by atoms with E-state index in [2.05, 4.69) is 11.9 Å². The van der Waals surface area contributed by atoms with Crippen molar-refractivity contribution in [2.24, 2.45) is 5.92 Å². The second kappa shape index (κ2) is 8.06. The van der Waals surface area contributed by atoms with Crippen LogP contribution in [-0.4, -0.2) is 25.0 Å². The van der Waals surface area contributed by atoms with Gasteiger partial charge in [-0.15, -0.1) is 0 Å². The van der Waals surface area contributed by atoms with Crippen molar-refractivity contribution in [3.05, 3.63) is 66.2 Å². The molecule has 1 N–H and O–H groups in total. The fourth-order valence-corrected chi connectivity index (χ4v) is 2.91. The molecule has 0 spiro atoms. The molecule has 1 heterocycles. The quantitative estimate of drug-likeness (QED) is 0.784. The minimum Gasteiger partial charge on any atom is -0.490 e. The Morgan fingerprint density at radius 2 is 1.92 bits per heavy atom. The summed E-state index contributed by atoms with van der Waals surface area (Å²) in [5.74, 6) is 0.0675. The third-order valence-electron chi connectivity index (χ3n) is 4.12. The summed E-state index contributed by atoms with van der Waals surface area (Å²) in [6.07, 6.45) is 1.86. The van der Waals surface area contributed by atoms with E-state index in [1.807, 2.05) is 0 Å². The molecule has 1 fully saturated rings. The minimum atomic E-state index is -0.394. The zero-order valence-corrected chi connectivity index (χ0v) is 14.9. The van der Waals surface area contributed by atoms with Crippen molar-refractivity contribution in [2.45, 2.75) is 6.42 Å². The third kappa shape index (κ3) is 4.24. The summed E-state index contributed by atoms with van der Waals surface area (Å²) in [4.78, 5) is 26.4. The lowest BCUT2D eigenvalue weighted by Crippen LogP contribution is -2.28. The summed E-state index contributed by atoms with van der Waals surface area (Å²) in [5, 5.41) is 3.46. The van der Waals surface area contributed by atoms with Crippen molar-refractivity contribution in [1.82, 2.24) is 0 Å². The first kappa shape index (κ1) is 18.0. The number of hydrogen-bond donors (Lipinski definition) is 1. The second-order valence-electron chi connectivity index (χ2n) is 6.00. The van der Waals surface area contributed by atoms with Gasteiger partial charge in [-0.3, -0.25) is 9.59 Å². The van der Waals surface area contributed by atoms with Crippen LogP contribution in [0.2, 0.25) is 5.02 Å². The smallest absolute Gasteiger partial charge is 0.229 e. The molecule has 0 aliphatic carbocycles. The van der Waals surface area contributed by atoms with E-state index in [1.165, 1.54) is 0 Å². The number of anilines is 2. The maximum atomic E-state index is 12.5. The van der Waals surface area contributed by atoms with Crippen molar-refractivity contribution in [2.75, 3.05) is 23.4 Å². The highest BCUT2D eigenvalue weighted by Crippen LogP contribution is 2.27. The van der Waals surface area contributed by atoms with Gasteiger partial charge in [0, 0.05) is 29.4 Å². The van der Waals surface area contributed by atoms with Crippen molar-refractivity contribution in [1.29, 1.82) is 0 Å². The van der Waals surface area contributed by atoms with Gasteiger partial charge in [-0.05, 0) is 48.5 Å². The molecule has 0 bridgehead atoms. The van der Waals surface area contributed by atoms with Gasteiger partial charge in [0.2, 0.25) is 11.8 Å². The van der Waals surface area contributed by atoms with Crippen LogP contribution in [0.5, 0.6) is 5.75 Å². The van der Waals surface area contributed by atoms with E-state index < -0.39 is 5.92 Å². The van der Waals surface area contributed by atoms with Crippen molar-refractivity contribution < 1.29 is 14.3 Å². The van der Waals surface area contributed by atoms with Crippen LogP contribution in [-0.2, 0) is 9.59 Å². The normalized spacial score (nSPS) is 16.4. The predicted octanol–water partition coefficient (Wildman–Crippen LogP) is 3.90. The molecule has 2 aromatic carbocycles. The molecule has 134 valence electrons. The molecule has 1 aliphatic heterocycles. The zero-order chi connectivity index (χ0) is 18.5. The standard InChI is InChI=1S/C20H19ClN2O3/c1-2-11-26-18-9-5-16(6-10-18)22-20(25)14-12-19(24)23(13-14)17-7-3-15(21)4-8-17/h2-10,14H,1,11-13H2,(H,22,25). The van der Waals surface area contributed by atoms with Gasteiger partial charge < -0.3 is 15.0 Å². The molecule has 2 amide bonds. The number of amides is 2. The maximum absolute atomic E-state index is 12.5. The minimum absolute atomic E-state index is 0.0688. The van der Waals surface area contributed by atoms with E-state index in [-0.39, 0.29) is 18.2 Å². The Morgan fingerprint density at radius 3 is 2.58 bits per heavy atom. The number of ether oxygens (including phenoxy) is 1. The average Bonchev–Trinajstić information content (AvgIpc) is 3.04. The topological polar surface area (TPSA) is 58.6 Å². The highest BCUT2D eigenvalue weighted by atomic mass is 35.5. The van der Waals surface area contributed by atoms with Gasteiger partial charge in [0.05, 0.1) is 5.92 Å². The number of hydrogen-bond acceptors (Lipinski definition) is 3. The molecular formula is C20H19ClN2O3. The summed E-state index contributed by atoms with van der Waals surface area (Å²) in [5.41, 5.74) is 1.41. The fourth-order valence-electron chi connectivity index (χ4n) is 2.79. The monoisotopic (exact) mass is 370 g/mol. The number of halogens is 1. The lowest BCUT2D eigenvalue weighted by Gasteiger charge is -2.16. The Labute approximate surface area is 157 Å². The van der Waals surface area contributed by atoms with Gasteiger partial charge in [-0.1, -0.05) is 24.3 Å². The average molecular weight is 371 g/mol. The molecule has 0 radical (unpaired) electrons. The Bertz CT molecular complexity index is 803. The van der Waals surface area contributed by atoms with Gasteiger partial charge in [-0.25, -0.2) is 0 Å². The number of carbonyl (C=O) groups excluding carboxylic acids is 2. The lowest BCUT2D eigenvalue weighted by atomic mass is 10.1. The van der Waals surface area contributed by atoms with Crippen LogP contribution in [0.1, 0.15) is 6.42 Å². The molecule has 2 aromatic rings. The Morgan fingerprint density at radius 1 is 1.23 bits per heavy atom. The van der Waals surface area contributed by atoms with Crippen molar-refractivity contribution in [3.63, 3.8) is 0 Å². The number of nitrogens with zero attached hydrogens (tertiary/aromatic N) is 1. The lowest BCUT2D eigenvalue weighted by molar-refractivity contribution is -0.122. The van der Waals surface area contributed by atoms with E-state index >= 15 is 0 Å². The van der Waals surface area contributed by atoms with Crippen LogP contribution in [0.15, 0.2) is 61.2 Å². The van der Waals surface area contributed by atoms with E-state index in [0.29, 0.717) is 29.6 Å². The van der Waals surface area contributed by atoms with Gasteiger partial charge in [0.1, 0.15) is 12.4 Å². The van der Waals surface area contributed by atoms with Crippen LogP contribution in [0.3, 0.4) is 0 Å². The van der Waals surface area contributed by atoms with Gasteiger partial charge in [0.25, 0.3) is 0 Å². The highest BCUT2D eigenvalue weighted by Gasteiger charge is 2.35. The molecule has 3 rings (SSSR count).